The van der Waals surface area contributed by atoms with E-state index in [0.29, 0.717) is 47.6 Å². The highest BCUT2D eigenvalue weighted by Gasteiger charge is 2.32. The molecule has 4 aromatic rings. The van der Waals surface area contributed by atoms with Gasteiger partial charge in [0.25, 0.3) is 0 Å². The fourth-order valence-electron chi connectivity index (χ4n) is 5.74. The molecule has 0 radical (unpaired) electrons. The van der Waals surface area contributed by atoms with E-state index in [0.717, 1.165) is 11.3 Å². The lowest BCUT2D eigenvalue weighted by Gasteiger charge is -2.41. The highest BCUT2D eigenvalue weighted by molar-refractivity contribution is 5.96. The van der Waals surface area contributed by atoms with E-state index in [2.05, 4.69) is 16.0 Å². The third-order valence-electron chi connectivity index (χ3n) is 7.77. The van der Waals surface area contributed by atoms with Crippen molar-refractivity contribution >= 4 is 22.8 Å². The summed E-state index contributed by atoms with van der Waals surface area (Å²) in [6.45, 7) is 14.5. The van der Waals surface area contributed by atoms with Crippen molar-refractivity contribution in [2.75, 3.05) is 24.5 Å². The fraction of sp³-hybridized carbons (Fsp3) is 0.382. The number of carbonyl (C=O) groups excluding carboxylic acids is 1. The second-order valence-corrected chi connectivity index (χ2v) is 12.5. The smallest absolute Gasteiger partial charge is 0.410 e. The van der Waals surface area contributed by atoms with Crippen LogP contribution in [0.25, 0.3) is 27.7 Å². The molecule has 0 spiro atoms. The Kier molecular flexibility index (Phi) is 8.17. The lowest BCUT2D eigenvalue weighted by Crippen LogP contribution is -2.55. The zero-order chi connectivity index (χ0) is 31.9. The van der Waals surface area contributed by atoms with Gasteiger partial charge in [0, 0.05) is 48.4 Å². The first-order chi connectivity index (χ1) is 20.8. The van der Waals surface area contributed by atoms with Crippen LogP contribution in [0.4, 0.5) is 15.0 Å². The first-order valence-corrected chi connectivity index (χ1v) is 14.8. The number of hydrogen-bond acceptors (Lipinski definition) is 7. The minimum atomic E-state index is -0.622. The maximum Gasteiger partial charge on any atom is 0.410 e. The molecule has 1 saturated heterocycles. The Balaban J connectivity index is 1.75. The van der Waals surface area contributed by atoms with Gasteiger partial charge in [0.15, 0.2) is 0 Å². The Morgan fingerprint density at radius 2 is 1.86 bits per heavy atom. The summed E-state index contributed by atoms with van der Waals surface area (Å²) in [5, 5.41) is 10.8. The number of piperazine rings is 1. The van der Waals surface area contributed by atoms with E-state index < -0.39 is 23.2 Å². The summed E-state index contributed by atoms with van der Waals surface area (Å²) in [6, 6.07) is 13.5. The number of ether oxygens (including phenoxy) is 1. The van der Waals surface area contributed by atoms with Crippen LogP contribution in [0.2, 0.25) is 0 Å². The molecule has 1 fully saturated rings. The van der Waals surface area contributed by atoms with Crippen molar-refractivity contribution in [1.29, 1.82) is 5.26 Å². The molecule has 10 heteroatoms. The molecule has 5 rings (SSSR count). The highest BCUT2D eigenvalue weighted by atomic mass is 19.1. The monoisotopic (exact) mass is 596 g/mol. The highest BCUT2D eigenvalue weighted by Crippen LogP contribution is 2.36. The third kappa shape index (κ3) is 5.74. The summed E-state index contributed by atoms with van der Waals surface area (Å²) in [5.41, 5.74) is 2.40. The molecule has 228 valence electrons. The van der Waals surface area contributed by atoms with E-state index in [1.165, 1.54) is 10.6 Å². The van der Waals surface area contributed by atoms with Crippen LogP contribution in [0.15, 0.2) is 53.5 Å². The topological polar surface area (TPSA) is 104 Å². The van der Waals surface area contributed by atoms with Crippen molar-refractivity contribution in [3.8, 4) is 22.9 Å². The number of benzene rings is 2. The molecule has 1 aliphatic heterocycles. The van der Waals surface area contributed by atoms with Gasteiger partial charge in [0.05, 0.1) is 28.5 Å². The second-order valence-electron chi connectivity index (χ2n) is 12.5. The van der Waals surface area contributed by atoms with Crippen LogP contribution in [-0.4, -0.2) is 56.8 Å². The van der Waals surface area contributed by atoms with Gasteiger partial charge in [0.1, 0.15) is 17.2 Å². The van der Waals surface area contributed by atoms with Crippen molar-refractivity contribution in [3.63, 3.8) is 0 Å². The Morgan fingerprint density at radius 3 is 2.50 bits per heavy atom. The number of anilines is 1. The predicted molar refractivity (Wildman–Crippen MR) is 169 cm³/mol. The zero-order valence-corrected chi connectivity index (χ0v) is 26.2. The quantitative estimate of drug-likeness (QED) is 0.271. The van der Waals surface area contributed by atoms with Crippen LogP contribution in [-0.2, 0) is 4.74 Å². The molecule has 0 N–H and O–H groups in total. The van der Waals surface area contributed by atoms with E-state index in [9.17, 15) is 14.9 Å². The Labute approximate surface area is 256 Å². The lowest BCUT2D eigenvalue weighted by molar-refractivity contribution is 0.0218. The van der Waals surface area contributed by atoms with Gasteiger partial charge >= 0.3 is 11.8 Å². The second kappa shape index (κ2) is 11.7. The molecule has 0 saturated carbocycles. The summed E-state index contributed by atoms with van der Waals surface area (Å²) in [5.74, 6) is -0.0717. The summed E-state index contributed by atoms with van der Waals surface area (Å²) < 4.78 is 22.2. The van der Waals surface area contributed by atoms with E-state index in [-0.39, 0.29) is 23.1 Å². The van der Waals surface area contributed by atoms with Crippen molar-refractivity contribution in [2.45, 2.75) is 66.0 Å². The minimum absolute atomic E-state index is 0.00287. The zero-order valence-electron chi connectivity index (χ0n) is 26.2. The number of pyridine rings is 1. The molecule has 1 atom stereocenters. The number of hydrogen-bond donors (Lipinski definition) is 0. The van der Waals surface area contributed by atoms with Crippen molar-refractivity contribution in [3.05, 3.63) is 81.8 Å². The van der Waals surface area contributed by atoms with Gasteiger partial charge in [-0.25, -0.2) is 14.0 Å². The van der Waals surface area contributed by atoms with E-state index >= 15 is 4.39 Å². The Morgan fingerprint density at radius 1 is 1.14 bits per heavy atom. The number of aryl methyl sites for hydroxylation is 1. The van der Waals surface area contributed by atoms with Gasteiger partial charge in [-0.15, -0.1) is 0 Å². The molecule has 0 bridgehead atoms. The molecule has 9 nitrogen and oxygen atoms in total. The van der Waals surface area contributed by atoms with Gasteiger partial charge in [-0.05, 0) is 70.4 Å². The maximum atomic E-state index is 15.1. The number of nitriles is 1. The first-order valence-electron chi connectivity index (χ1n) is 14.8. The normalized spacial score (nSPS) is 15.5. The molecular weight excluding hydrogens is 559 g/mol. The van der Waals surface area contributed by atoms with Crippen LogP contribution in [0.5, 0.6) is 0 Å². The molecule has 44 heavy (non-hydrogen) atoms. The number of halogens is 1. The minimum Gasteiger partial charge on any atom is -0.444 e. The van der Waals surface area contributed by atoms with Gasteiger partial charge in [-0.3, -0.25) is 9.55 Å². The predicted octanol–water partition coefficient (Wildman–Crippen LogP) is 6.34. The van der Waals surface area contributed by atoms with Crippen LogP contribution >= 0.6 is 0 Å². The molecule has 1 unspecified atom stereocenters. The Hall–Kier alpha value is -4.78. The average Bonchev–Trinajstić information content (AvgIpc) is 2.96. The van der Waals surface area contributed by atoms with Crippen LogP contribution in [0, 0.1) is 24.1 Å². The lowest BCUT2D eigenvalue weighted by atomic mass is 9.96. The van der Waals surface area contributed by atoms with Crippen LogP contribution < -0.4 is 10.6 Å². The fourth-order valence-corrected chi connectivity index (χ4v) is 5.74. The molecule has 1 amide bonds. The number of fused-ring (bicyclic) bond motifs is 1. The average molecular weight is 597 g/mol. The maximum absolute atomic E-state index is 15.1. The van der Waals surface area contributed by atoms with E-state index in [1.54, 1.807) is 41.4 Å². The molecule has 3 heterocycles. The van der Waals surface area contributed by atoms with Crippen molar-refractivity contribution < 1.29 is 13.9 Å². The summed E-state index contributed by atoms with van der Waals surface area (Å²) >= 11 is 0. The van der Waals surface area contributed by atoms with Gasteiger partial charge in [-0.2, -0.15) is 10.2 Å². The number of carbonyl (C=O) groups is 1. The summed E-state index contributed by atoms with van der Waals surface area (Å²) in [4.78, 5) is 39.8. The number of aromatic nitrogens is 3. The van der Waals surface area contributed by atoms with Gasteiger partial charge in [0.2, 0.25) is 0 Å². The van der Waals surface area contributed by atoms with E-state index in [1.807, 2.05) is 59.4 Å². The summed E-state index contributed by atoms with van der Waals surface area (Å²) in [7, 11) is 0. The van der Waals surface area contributed by atoms with Crippen molar-refractivity contribution in [2.24, 2.45) is 0 Å². The standard InChI is InChI=1S/C34H37FN6O3/c1-20(2)29-30(21(3)12-13-37-29)41-28-17-25(24-10-8-9-11-27(24)35)23(18-36)16-26(28)31(38-32(41)42)40-15-14-39(19-22(40)4)33(43)44-34(5,6)7/h8-13,16-17,20,22H,14-15,19H2,1-7H3. The largest absolute Gasteiger partial charge is 0.444 e. The molecule has 2 aromatic carbocycles. The molecule has 1 aliphatic rings. The van der Waals surface area contributed by atoms with Gasteiger partial charge < -0.3 is 14.5 Å². The van der Waals surface area contributed by atoms with E-state index in [4.69, 9.17) is 4.74 Å². The summed E-state index contributed by atoms with van der Waals surface area (Å²) in [6.07, 6.45) is 1.32. The first kappa shape index (κ1) is 30.7. The molecule has 2 aromatic heterocycles. The number of nitrogens with zero attached hydrogens (tertiary/aromatic N) is 6. The molecule has 0 aliphatic carbocycles. The number of rotatable bonds is 4. The number of amides is 1. The SMILES string of the molecule is Cc1ccnc(C(C)C)c1-n1c(=O)nc(N2CCN(C(=O)OC(C)(C)C)CC2C)c2cc(C#N)c(-c3ccccc3F)cc21. The molecular formula is C34H37FN6O3. The van der Waals surface area contributed by atoms with Gasteiger partial charge in [-0.1, -0.05) is 32.0 Å². The van der Waals surface area contributed by atoms with Crippen molar-refractivity contribution in [1.82, 2.24) is 19.4 Å². The Bertz CT molecular complexity index is 1850. The van der Waals surface area contributed by atoms with Crippen LogP contribution in [0.1, 0.15) is 64.3 Å². The third-order valence-corrected chi connectivity index (χ3v) is 7.77. The van der Waals surface area contributed by atoms with Crippen LogP contribution in [0.3, 0.4) is 0 Å².